The molecule has 0 unspecified atom stereocenters. The second-order valence-corrected chi connectivity index (χ2v) is 8.43. The fraction of sp³-hybridized carbons (Fsp3) is 0.944. The number of hydrogen-bond acceptors (Lipinski definition) is 3. The van der Waals surface area contributed by atoms with E-state index in [1.807, 2.05) is 4.90 Å². The van der Waals surface area contributed by atoms with Crippen LogP contribution in [0.1, 0.15) is 44.9 Å². The highest BCUT2D eigenvalue weighted by atomic mass is 16.5. The lowest BCUT2D eigenvalue weighted by Crippen LogP contribution is -2.56. The number of ether oxygens (including phenoxy) is 1. The largest absolute Gasteiger partial charge is 0.373 e. The lowest BCUT2D eigenvalue weighted by Gasteiger charge is -2.41. The Kier molecular flexibility index (Phi) is 3.55. The number of carbonyl (C=O) groups is 1. The number of nitrogens with zero attached hydrogens (tertiary/aromatic N) is 2. The van der Waals surface area contributed by atoms with Crippen LogP contribution < -0.4 is 5.32 Å². The molecule has 2 aliphatic carbocycles. The normalized spacial score (nSPS) is 45.8. The van der Waals surface area contributed by atoms with Crippen LogP contribution in [0.2, 0.25) is 0 Å². The van der Waals surface area contributed by atoms with Crippen molar-refractivity contribution in [3.05, 3.63) is 0 Å². The molecule has 3 saturated heterocycles. The predicted molar refractivity (Wildman–Crippen MR) is 87.2 cm³/mol. The van der Waals surface area contributed by atoms with Gasteiger partial charge in [-0.2, -0.15) is 0 Å². The van der Waals surface area contributed by atoms with Crippen molar-refractivity contribution in [1.82, 2.24) is 15.1 Å². The first-order chi connectivity index (χ1) is 11.3. The maximum absolute atomic E-state index is 12.5. The Morgan fingerprint density at radius 3 is 2.43 bits per heavy atom. The summed E-state index contributed by atoms with van der Waals surface area (Å²) in [5, 5.41) is 3.23. The Balaban J connectivity index is 1.12. The van der Waals surface area contributed by atoms with Crippen LogP contribution in [0.4, 0.5) is 4.79 Å². The van der Waals surface area contributed by atoms with Gasteiger partial charge in [-0.3, -0.25) is 4.90 Å². The van der Waals surface area contributed by atoms with Gasteiger partial charge in [-0.05, 0) is 50.4 Å². The van der Waals surface area contributed by atoms with E-state index in [9.17, 15) is 4.79 Å². The van der Waals surface area contributed by atoms with E-state index in [1.54, 1.807) is 0 Å². The number of rotatable bonds is 2. The van der Waals surface area contributed by atoms with E-state index in [0.717, 1.165) is 56.9 Å². The quantitative estimate of drug-likeness (QED) is 0.844. The first kappa shape index (κ1) is 14.5. The molecule has 5 rings (SSSR count). The summed E-state index contributed by atoms with van der Waals surface area (Å²) in [6, 6.07) is 1.21. The molecule has 5 nitrogen and oxygen atoms in total. The second-order valence-electron chi connectivity index (χ2n) is 8.43. The zero-order valence-electron chi connectivity index (χ0n) is 14.0. The molecule has 4 bridgehead atoms. The fourth-order valence-corrected chi connectivity index (χ4v) is 5.95. The van der Waals surface area contributed by atoms with Crippen molar-refractivity contribution in [1.29, 1.82) is 0 Å². The van der Waals surface area contributed by atoms with Gasteiger partial charge in [0.2, 0.25) is 0 Å². The number of fused-ring (bicyclic) bond motifs is 4. The molecule has 0 spiro atoms. The van der Waals surface area contributed by atoms with Crippen LogP contribution in [-0.4, -0.2) is 66.3 Å². The average Bonchev–Trinajstić information content (AvgIpc) is 3.35. The number of nitrogens with one attached hydrogen (secondary N) is 1. The Hall–Kier alpha value is -0.810. The Labute approximate surface area is 138 Å². The highest BCUT2D eigenvalue weighted by Gasteiger charge is 2.44. The van der Waals surface area contributed by atoms with Crippen molar-refractivity contribution in [2.45, 2.75) is 69.2 Å². The Morgan fingerprint density at radius 1 is 0.957 bits per heavy atom. The molecule has 23 heavy (non-hydrogen) atoms. The molecule has 6 atom stereocenters. The summed E-state index contributed by atoms with van der Waals surface area (Å²) < 4.78 is 5.84. The number of urea groups is 1. The van der Waals surface area contributed by atoms with Crippen molar-refractivity contribution in [2.75, 3.05) is 26.2 Å². The van der Waals surface area contributed by atoms with Crippen molar-refractivity contribution in [3.8, 4) is 0 Å². The summed E-state index contributed by atoms with van der Waals surface area (Å²) in [5.41, 5.74) is 0. The van der Waals surface area contributed by atoms with Gasteiger partial charge in [-0.1, -0.05) is 6.42 Å². The van der Waals surface area contributed by atoms with Crippen molar-refractivity contribution in [2.24, 2.45) is 11.8 Å². The van der Waals surface area contributed by atoms with Gasteiger partial charge in [-0.25, -0.2) is 4.79 Å². The van der Waals surface area contributed by atoms with Crippen LogP contribution in [0.25, 0.3) is 0 Å². The highest BCUT2D eigenvalue weighted by molar-refractivity contribution is 5.74. The molecule has 3 aliphatic heterocycles. The summed E-state index contributed by atoms with van der Waals surface area (Å²) >= 11 is 0. The molecule has 0 aromatic carbocycles. The SMILES string of the molecule is O=C(N[C@@H]1C[C@H]2CC[C@H]1O2)N1CCN([C@@H]2C[C@H]3CC[C@H]2C3)CC1. The van der Waals surface area contributed by atoms with E-state index in [2.05, 4.69) is 10.2 Å². The van der Waals surface area contributed by atoms with Gasteiger partial charge in [0.25, 0.3) is 0 Å². The number of piperazine rings is 1. The zero-order chi connectivity index (χ0) is 15.4. The standard InChI is InChI=1S/C18H29N3O2/c22-18(19-15-11-14-3-4-17(15)23-14)21-7-5-20(6-8-21)16-10-12-1-2-13(16)9-12/h12-17H,1-11H2,(H,19,22)/t12-,13-,14+,15+,16+,17+/m0/s1. The van der Waals surface area contributed by atoms with Crippen molar-refractivity contribution >= 4 is 6.03 Å². The van der Waals surface area contributed by atoms with Crippen LogP contribution in [0.5, 0.6) is 0 Å². The van der Waals surface area contributed by atoms with Gasteiger partial charge in [0, 0.05) is 32.2 Å². The molecule has 0 aromatic rings. The second kappa shape index (κ2) is 5.62. The average molecular weight is 319 g/mol. The minimum absolute atomic E-state index is 0.138. The summed E-state index contributed by atoms with van der Waals surface area (Å²) in [4.78, 5) is 17.2. The molecule has 3 heterocycles. The predicted octanol–water partition coefficient (Wildman–Crippen LogP) is 1.82. The summed E-state index contributed by atoms with van der Waals surface area (Å²) in [6.07, 6.45) is 9.79. The van der Waals surface area contributed by atoms with Gasteiger partial charge >= 0.3 is 6.03 Å². The smallest absolute Gasteiger partial charge is 0.317 e. The number of hydrogen-bond donors (Lipinski definition) is 1. The van der Waals surface area contributed by atoms with E-state index in [0.29, 0.717) is 6.10 Å². The molecular weight excluding hydrogens is 290 g/mol. The number of amides is 2. The highest BCUT2D eigenvalue weighted by Crippen LogP contribution is 2.46. The molecule has 0 radical (unpaired) electrons. The van der Waals surface area contributed by atoms with Crippen LogP contribution in [0.15, 0.2) is 0 Å². The van der Waals surface area contributed by atoms with Crippen LogP contribution in [-0.2, 0) is 4.74 Å². The van der Waals surface area contributed by atoms with E-state index in [-0.39, 0.29) is 18.2 Å². The molecule has 0 aromatic heterocycles. The van der Waals surface area contributed by atoms with Gasteiger partial charge in [0.1, 0.15) is 0 Å². The van der Waals surface area contributed by atoms with Crippen LogP contribution in [0, 0.1) is 11.8 Å². The van der Waals surface area contributed by atoms with Crippen LogP contribution in [0.3, 0.4) is 0 Å². The van der Waals surface area contributed by atoms with Crippen molar-refractivity contribution in [3.63, 3.8) is 0 Å². The van der Waals surface area contributed by atoms with Gasteiger partial charge in [-0.15, -0.1) is 0 Å². The molecule has 5 fully saturated rings. The first-order valence-corrected chi connectivity index (χ1v) is 9.71. The van der Waals surface area contributed by atoms with Crippen molar-refractivity contribution < 1.29 is 9.53 Å². The third-order valence-corrected chi connectivity index (χ3v) is 7.19. The minimum atomic E-state index is 0.138. The molecule has 2 saturated carbocycles. The van der Waals surface area contributed by atoms with Gasteiger partial charge < -0.3 is 15.0 Å². The molecule has 5 aliphatic rings. The third-order valence-electron chi connectivity index (χ3n) is 7.19. The number of carbonyl (C=O) groups excluding carboxylic acids is 1. The molecular formula is C18H29N3O2. The third kappa shape index (κ3) is 2.56. The molecule has 1 N–H and O–H groups in total. The lowest BCUT2D eigenvalue weighted by atomic mass is 9.93. The van der Waals surface area contributed by atoms with Gasteiger partial charge in [0.05, 0.1) is 18.2 Å². The summed E-state index contributed by atoms with van der Waals surface area (Å²) in [7, 11) is 0. The first-order valence-electron chi connectivity index (χ1n) is 9.71. The van der Waals surface area contributed by atoms with E-state index in [4.69, 9.17) is 4.74 Å². The van der Waals surface area contributed by atoms with Crippen LogP contribution >= 0.6 is 0 Å². The fourth-order valence-electron chi connectivity index (χ4n) is 5.95. The monoisotopic (exact) mass is 319 g/mol. The summed E-state index contributed by atoms with van der Waals surface area (Å²) in [6.45, 7) is 3.91. The Bertz CT molecular complexity index is 477. The maximum atomic E-state index is 12.5. The van der Waals surface area contributed by atoms with E-state index in [1.165, 1.54) is 32.1 Å². The zero-order valence-corrected chi connectivity index (χ0v) is 14.0. The minimum Gasteiger partial charge on any atom is -0.373 e. The van der Waals surface area contributed by atoms with E-state index >= 15 is 0 Å². The summed E-state index contributed by atoms with van der Waals surface area (Å²) in [5.74, 6) is 1.95. The molecule has 128 valence electrons. The topological polar surface area (TPSA) is 44.8 Å². The van der Waals surface area contributed by atoms with E-state index < -0.39 is 0 Å². The Morgan fingerprint density at radius 2 is 1.83 bits per heavy atom. The maximum Gasteiger partial charge on any atom is 0.317 e. The lowest BCUT2D eigenvalue weighted by molar-refractivity contribution is 0.0783. The molecule has 5 heteroatoms. The molecule has 2 amide bonds. The van der Waals surface area contributed by atoms with Gasteiger partial charge in [0.15, 0.2) is 0 Å².